The molecule has 2 N–H and O–H groups in total. The highest BCUT2D eigenvalue weighted by molar-refractivity contribution is 5.99. The van der Waals surface area contributed by atoms with E-state index in [-0.39, 0.29) is 5.92 Å². The summed E-state index contributed by atoms with van der Waals surface area (Å²) >= 11 is 0. The van der Waals surface area contributed by atoms with E-state index in [9.17, 15) is 4.79 Å². The van der Waals surface area contributed by atoms with Gasteiger partial charge in [0.25, 0.3) is 0 Å². The van der Waals surface area contributed by atoms with Crippen molar-refractivity contribution in [1.29, 1.82) is 0 Å². The van der Waals surface area contributed by atoms with Gasteiger partial charge in [-0.05, 0) is 37.1 Å². The molecule has 20 heavy (non-hydrogen) atoms. The summed E-state index contributed by atoms with van der Waals surface area (Å²) in [6.45, 7) is 3.39. The number of rotatable bonds is 3. The number of hydrogen-bond donors (Lipinski definition) is 2. The van der Waals surface area contributed by atoms with Crippen LogP contribution in [0.4, 0.5) is 5.69 Å². The number of piperidine rings is 1. The minimum Gasteiger partial charge on any atom is -0.481 e. The second kappa shape index (κ2) is 5.53. The van der Waals surface area contributed by atoms with Crippen molar-refractivity contribution in [2.24, 2.45) is 10.9 Å². The molecule has 3 rings (SSSR count). The van der Waals surface area contributed by atoms with Crippen molar-refractivity contribution in [3.63, 3.8) is 0 Å². The summed E-state index contributed by atoms with van der Waals surface area (Å²) in [7, 11) is 0. The third kappa shape index (κ3) is 2.61. The Labute approximate surface area is 118 Å². The largest absolute Gasteiger partial charge is 0.481 e. The fourth-order valence-electron chi connectivity index (χ4n) is 2.81. The SMILES string of the molecule is O=C(O)C1CCN(c2ccc(C3=NCCN3)cc2)CC1. The fourth-order valence-corrected chi connectivity index (χ4v) is 2.81. The van der Waals surface area contributed by atoms with Gasteiger partial charge in [-0.2, -0.15) is 0 Å². The van der Waals surface area contributed by atoms with Gasteiger partial charge in [0.15, 0.2) is 0 Å². The summed E-state index contributed by atoms with van der Waals surface area (Å²) in [4.78, 5) is 17.6. The first kappa shape index (κ1) is 13.0. The minimum atomic E-state index is -0.662. The molecule has 0 atom stereocenters. The Morgan fingerprint density at radius 3 is 2.50 bits per heavy atom. The third-order valence-electron chi connectivity index (χ3n) is 4.02. The minimum absolute atomic E-state index is 0.178. The van der Waals surface area contributed by atoms with Crippen LogP contribution in [0.1, 0.15) is 18.4 Å². The predicted octanol–water partition coefficient (Wildman–Crippen LogP) is 1.34. The van der Waals surface area contributed by atoms with E-state index in [1.54, 1.807) is 0 Å². The first-order valence-corrected chi connectivity index (χ1v) is 7.10. The number of aliphatic imine (C=N–C) groups is 1. The Hall–Kier alpha value is -2.04. The smallest absolute Gasteiger partial charge is 0.306 e. The molecule has 1 saturated heterocycles. The van der Waals surface area contributed by atoms with E-state index in [0.717, 1.165) is 56.1 Å². The molecule has 0 spiro atoms. The lowest BCUT2D eigenvalue weighted by Crippen LogP contribution is -2.36. The summed E-state index contributed by atoms with van der Waals surface area (Å²) in [5, 5.41) is 12.3. The van der Waals surface area contributed by atoms with Crippen LogP contribution in [0.2, 0.25) is 0 Å². The number of aliphatic carboxylic acids is 1. The van der Waals surface area contributed by atoms with Crippen LogP contribution in [0.25, 0.3) is 0 Å². The second-order valence-electron chi connectivity index (χ2n) is 5.30. The average molecular weight is 273 g/mol. The molecule has 0 amide bonds. The van der Waals surface area contributed by atoms with Gasteiger partial charge in [0.2, 0.25) is 0 Å². The van der Waals surface area contributed by atoms with E-state index in [2.05, 4.69) is 39.5 Å². The molecule has 0 bridgehead atoms. The summed E-state index contributed by atoms with van der Waals surface area (Å²) in [5.41, 5.74) is 2.28. The molecule has 2 aliphatic heterocycles. The Morgan fingerprint density at radius 1 is 1.25 bits per heavy atom. The standard InChI is InChI=1S/C15H19N3O2/c19-15(20)12-5-9-18(10-6-12)13-3-1-11(2-4-13)14-16-7-8-17-14/h1-4,12H,5-10H2,(H,16,17)(H,19,20). The van der Waals surface area contributed by atoms with Gasteiger partial charge in [0, 0.05) is 30.9 Å². The van der Waals surface area contributed by atoms with E-state index < -0.39 is 5.97 Å². The molecule has 1 fully saturated rings. The van der Waals surface area contributed by atoms with Crippen molar-refractivity contribution in [1.82, 2.24) is 5.32 Å². The lowest BCUT2D eigenvalue weighted by atomic mass is 9.96. The highest BCUT2D eigenvalue weighted by Gasteiger charge is 2.24. The van der Waals surface area contributed by atoms with Crippen molar-refractivity contribution in [2.75, 3.05) is 31.1 Å². The zero-order valence-corrected chi connectivity index (χ0v) is 11.4. The molecule has 1 aromatic carbocycles. The van der Waals surface area contributed by atoms with Crippen molar-refractivity contribution in [3.8, 4) is 0 Å². The zero-order valence-electron chi connectivity index (χ0n) is 11.4. The summed E-state index contributed by atoms with van der Waals surface area (Å²) in [6.07, 6.45) is 1.46. The van der Waals surface area contributed by atoms with Gasteiger partial charge in [0.05, 0.1) is 12.5 Å². The molecule has 0 aromatic heterocycles. The van der Waals surface area contributed by atoms with Crippen molar-refractivity contribution in [3.05, 3.63) is 29.8 Å². The van der Waals surface area contributed by atoms with Crippen LogP contribution in [0.3, 0.4) is 0 Å². The molecule has 5 heteroatoms. The van der Waals surface area contributed by atoms with Crippen LogP contribution in [0.15, 0.2) is 29.3 Å². The van der Waals surface area contributed by atoms with Crippen LogP contribution in [-0.4, -0.2) is 43.1 Å². The van der Waals surface area contributed by atoms with Crippen molar-refractivity contribution >= 4 is 17.5 Å². The zero-order chi connectivity index (χ0) is 13.9. The van der Waals surface area contributed by atoms with E-state index in [0.29, 0.717) is 0 Å². The van der Waals surface area contributed by atoms with Gasteiger partial charge >= 0.3 is 5.97 Å². The fraction of sp³-hybridized carbons (Fsp3) is 0.467. The topological polar surface area (TPSA) is 64.9 Å². The third-order valence-corrected chi connectivity index (χ3v) is 4.02. The normalized spacial score (nSPS) is 19.6. The van der Waals surface area contributed by atoms with E-state index in [4.69, 9.17) is 5.11 Å². The number of hydrogen-bond acceptors (Lipinski definition) is 4. The maximum atomic E-state index is 11.0. The predicted molar refractivity (Wildman–Crippen MR) is 78.4 cm³/mol. The number of anilines is 1. The Balaban J connectivity index is 1.65. The number of carbonyl (C=O) groups is 1. The molecule has 106 valence electrons. The number of nitrogens with one attached hydrogen (secondary N) is 1. The molecule has 0 unspecified atom stereocenters. The lowest BCUT2D eigenvalue weighted by Gasteiger charge is -2.32. The molecule has 5 nitrogen and oxygen atoms in total. The summed E-state index contributed by atoms with van der Waals surface area (Å²) in [5.74, 6) is 0.133. The molecule has 0 saturated carbocycles. The van der Waals surface area contributed by atoms with Crippen molar-refractivity contribution in [2.45, 2.75) is 12.8 Å². The molecular weight excluding hydrogens is 254 g/mol. The number of benzene rings is 1. The lowest BCUT2D eigenvalue weighted by molar-refractivity contribution is -0.142. The Kier molecular flexibility index (Phi) is 3.58. The van der Waals surface area contributed by atoms with Gasteiger partial charge in [-0.1, -0.05) is 0 Å². The Morgan fingerprint density at radius 2 is 1.95 bits per heavy atom. The molecule has 0 radical (unpaired) electrons. The highest BCUT2D eigenvalue weighted by atomic mass is 16.4. The first-order chi connectivity index (χ1) is 9.74. The van der Waals surface area contributed by atoms with Crippen molar-refractivity contribution < 1.29 is 9.90 Å². The van der Waals surface area contributed by atoms with Crippen LogP contribution in [0, 0.1) is 5.92 Å². The van der Waals surface area contributed by atoms with E-state index in [1.807, 2.05) is 0 Å². The van der Waals surface area contributed by atoms with Gasteiger partial charge < -0.3 is 15.3 Å². The van der Waals surface area contributed by atoms with Crippen LogP contribution in [-0.2, 0) is 4.79 Å². The molecular formula is C15H19N3O2. The second-order valence-corrected chi connectivity index (χ2v) is 5.30. The molecule has 2 aliphatic rings. The maximum absolute atomic E-state index is 11.0. The number of carboxylic acid groups (broad SMARTS) is 1. The van der Waals surface area contributed by atoms with Gasteiger partial charge in [-0.25, -0.2) is 0 Å². The van der Waals surface area contributed by atoms with Gasteiger partial charge in [0.1, 0.15) is 5.84 Å². The summed E-state index contributed by atoms with van der Waals surface area (Å²) in [6, 6.07) is 8.35. The highest BCUT2D eigenvalue weighted by Crippen LogP contribution is 2.23. The van der Waals surface area contributed by atoms with Gasteiger partial charge in [-0.15, -0.1) is 0 Å². The maximum Gasteiger partial charge on any atom is 0.306 e. The number of carboxylic acids is 1. The summed E-state index contributed by atoms with van der Waals surface area (Å²) < 4.78 is 0. The molecule has 1 aromatic rings. The molecule has 2 heterocycles. The average Bonchev–Trinajstić information content (AvgIpc) is 3.02. The van der Waals surface area contributed by atoms with Crippen LogP contribution in [0.5, 0.6) is 0 Å². The number of amidine groups is 1. The monoisotopic (exact) mass is 273 g/mol. The first-order valence-electron chi connectivity index (χ1n) is 7.10. The van der Waals surface area contributed by atoms with Crippen LogP contribution >= 0.6 is 0 Å². The quantitative estimate of drug-likeness (QED) is 0.872. The number of nitrogens with zero attached hydrogens (tertiary/aromatic N) is 2. The van der Waals surface area contributed by atoms with Crippen LogP contribution < -0.4 is 10.2 Å². The van der Waals surface area contributed by atoms with Gasteiger partial charge in [-0.3, -0.25) is 9.79 Å². The van der Waals surface area contributed by atoms with E-state index >= 15 is 0 Å². The Bertz CT molecular complexity index is 516. The van der Waals surface area contributed by atoms with E-state index in [1.165, 1.54) is 0 Å². The molecule has 0 aliphatic carbocycles.